The summed E-state index contributed by atoms with van der Waals surface area (Å²) in [5.74, 6) is 1.54. The van der Waals surface area contributed by atoms with Crippen LogP contribution in [0.15, 0.2) is 4.99 Å². The molecule has 0 radical (unpaired) electrons. The first-order valence-corrected chi connectivity index (χ1v) is 9.57. The van der Waals surface area contributed by atoms with E-state index in [1.54, 1.807) is 11.3 Å². The second-order valence-corrected chi connectivity index (χ2v) is 7.72. The van der Waals surface area contributed by atoms with Gasteiger partial charge in [0, 0.05) is 24.5 Å². The number of aromatic nitrogens is 1. The highest BCUT2D eigenvalue weighted by atomic mass is 127. The molecular formula is C17H32IN5S. The number of hydrogen-bond donors (Lipinski definition) is 2. The van der Waals surface area contributed by atoms with E-state index in [4.69, 9.17) is 4.99 Å². The second kappa shape index (κ2) is 11.3. The van der Waals surface area contributed by atoms with Gasteiger partial charge in [-0.1, -0.05) is 6.92 Å². The average Bonchev–Trinajstić information content (AvgIpc) is 3.11. The third-order valence-corrected chi connectivity index (χ3v) is 5.17. The number of aryl methyl sites for hydroxylation is 2. The molecule has 138 valence electrons. The summed E-state index contributed by atoms with van der Waals surface area (Å²) in [4.78, 5) is 13.0. The van der Waals surface area contributed by atoms with Crippen LogP contribution < -0.4 is 10.6 Å². The summed E-state index contributed by atoms with van der Waals surface area (Å²) in [6.45, 7) is 14.8. The quantitative estimate of drug-likeness (QED) is 0.369. The highest BCUT2D eigenvalue weighted by Crippen LogP contribution is 2.17. The number of nitrogens with zero attached hydrogens (tertiary/aromatic N) is 3. The van der Waals surface area contributed by atoms with Crippen LogP contribution in [0.4, 0.5) is 0 Å². The minimum absolute atomic E-state index is 0. The Labute approximate surface area is 167 Å². The van der Waals surface area contributed by atoms with E-state index in [0.29, 0.717) is 12.5 Å². The average molecular weight is 465 g/mol. The summed E-state index contributed by atoms with van der Waals surface area (Å²) in [6, 6.07) is 0. The number of thiazole rings is 1. The fourth-order valence-electron chi connectivity index (χ4n) is 2.95. The molecule has 0 bridgehead atoms. The zero-order valence-corrected chi connectivity index (χ0v) is 18.5. The Kier molecular flexibility index (Phi) is 10.1. The van der Waals surface area contributed by atoms with Gasteiger partial charge in [-0.3, -0.25) is 0 Å². The molecule has 1 aromatic rings. The summed E-state index contributed by atoms with van der Waals surface area (Å²) in [5, 5.41) is 7.94. The molecule has 5 nitrogen and oxygen atoms in total. The van der Waals surface area contributed by atoms with Crippen molar-refractivity contribution in [3.05, 3.63) is 15.6 Å². The maximum Gasteiger partial charge on any atom is 0.191 e. The van der Waals surface area contributed by atoms with E-state index >= 15 is 0 Å². The second-order valence-electron chi connectivity index (χ2n) is 6.43. The normalized spacial score (nSPS) is 16.8. The Morgan fingerprint density at radius 1 is 1.29 bits per heavy atom. The summed E-state index contributed by atoms with van der Waals surface area (Å²) in [6.07, 6.45) is 2.72. The summed E-state index contributed by atoms with van der Waals surface area (Å²) in [7, 11) is 0. The van der Waals surface area contributed by atoms with Crippen LogP contribution in [0.2, 0.25) is 0 Å². The Morgan fingerprint density at radius 2 is 2.00 bits per heavy atom. The van der Waals surface area contributed by atoms with Crippen LogP contribution in [0.5, 0.6) is 0 Å². The van der Waals surface area contributed by atoms with Crippen LogP contribution in [0.1, 0.15) is 42.3 Å². The van der Waals surface area contributed by atoms with Gasteiger partial charge in [0.15, 0.2) is 5.96 Å². The standard InChI is InChI=1S/C17H31N5S.HI/c1-5-18-17(20-11-16-14(3)21-15(4)23-16)19-10-13(2)12-22-8-6-7-9-22;/h13H,5-12H2,1-4H3,(H2,18,19,20);1H. The van der Waals surface area contributed by atoms with Gasteiger partial charge in [-0.15, -0.1) is 35.3 Å². The predicted molar refractivity (Wildman–Crippen MR) is 115 cm³/mol. The molecular weight excluding hydrogens is 433 g/mol. The molecule has 1 atom stereocenters. The van der Waals surface area contributed by atoms with Crippen molar-refractivity contribution in [1.29, 1.82) is 0 Å². The maximum absolute atomic E-state index is 4.71. The minimum atomic E-state index is 0. The van der Waals surface area contributed by atoms with Gasteiger partial charge in [-0.2, -0.15) is 0 Å². The minimum Gasteiger partial charge on any atom is -0.357 e. The molecule has 0 saturated carbocycles. The van der Waals surface area contributed by atoms with Crippen molar-refractivity contribution in [2.75, 3.05) is 32.7 Å². The van der Waals surface area contributed by atoms with Crippen LogP contribution in [0.25, 0.3) is 0 Å². The Hall–Kier alpha value is -0.410. The van der Waals surface area contributed by atoms with E-state index in [2.05, 4.69) is 41.3 Å². The first-order valence-electron chi connectivity index (χ1n) is 8.76. The fraction of sp³-hybridized carbons (Fsp3) is 0.765. The van der Waals surface area contributed by atoms with Crippen molar-refractivity contribution in [1.82, 2.24) is 20.5 Å². The van der Waals surface area contributed by atoms with Gasteiger partial charge in [0.1, 0.15) is 0 Å². The van der Waals surface area contributed by atoms with Crippen molar-refractivity contribution in [3.8, 4) is 0 Å². The van der Waals surface area contributed by atoms with Gasteiger partial charge in [0.05, 0.1) is 17.2 Å². The highest BCUT2D eigenvalue weighted by Gasteiger charge is 2.14. The lowest BCUT2D eigenvalue weighted by atomic mass is 10.1. The molecule has 1 aliphatic rings. The van der Waals surface area contributed by atoms with E-state index in [1.807, 2.05) is 6.92 Å². The smallest absolute Gasteiger partial charge is 0.191 e. The SMILES string of the molecule is CCNC(=NCc1sc(C)nc1C)NCC(C)CN1CCCC1.I. The van der Waals surface area contributed by atoms with Crippen LogP contribution in [-0.2, 0) is 6.54 Å². The number of guanidine groups is 1. The van der Waals surface area contributed by atoms with Gasteiger partial charge < -0.3 is 15.5 Å². The van der Waals surface area contributed by atoms with E-state index < -0.39 is 0 Å². The molecule has 2 rings (SSSR count). The number of likely N-dealkylation sites (tertiary alicyclic amines) is 1. The molecule has 2 N–H and O–H groups in total. The first-order chi connectivity index (χ1) is 11.1. The third kappa shape index (κ3) is 7.23. The van der Waals surface area contributed by atoms with Gasteiger partial charge in [0.25, 0.3) is 0 Å². The molecule has 24 heavy (non-hydrogen) atoms. The summed E-state index contributed by atoms with van der Waals surface area (Å²) < 4.78 is 0. The molecule has 0 spiro atoms. The zero-order chi connectivity index (χ0) is 16.7. The Bertz CT molecular complexity index is 511. The zero-order valence-electron chi connectivity index (χ0n) is 15.4. The Balaban J connectivity index is 0.00000288. The van der Waals surface area contributed by atoms with Crippen LogP contribution in [-0.4, -0.2) is 48.6 Å². The molecule has 0 amide bonds. The molecule has 1 fully saturated rings. The molecule has 1 saturated heterocycles. The van der Waals surface area contributed by atoms with Crippen LogP contribution in [0.3, 0.4) is 0 Å². The summed E-state index contributed by atoms with van der Waals surface area (Å²) in [5.41, 5.74) is 1.11. The van der Waals surface area contributed by atoms with Gasteiger partial charge in [0.2, 0.25) is 0 Å². The monoisotopic (exact) mass is 465 g/mol. The molecule has 1 aliphatic heterocycles. The number of nitrogens with one attached hydrogen (secondary N) is 2. The number of halogens is 1. The van der Waals surface area contributed by atoms with Crippen molar-refractivity contribution in [2.24, 2.45) is 10.9 Å². The predicted octanol–water partition coefficient (Wildman–Crippen LogP) is 3.16. The van der Waals surface area contributed by atoms with Crippen molar-refractivity contribution in [3.63, 3.8) is 0 Å². The van der Waals surface area contributed by atoms with Crippen LogP contribution >= 0.6 is 35.3 Å². The lowest BCUT2D eigenvalue weighted by Crippen LogP contribution is -2.41. The van der Waals surface area contributed by atoms with Gasteiger partial charge in [-0.25, -0.2) is 9.98 Å². The molecule has 1 unspecified atom stereocenters. The van der Waals surface area contributed by atoms with Gasteiger partial charge >= 0.3 is 0 Å². The largest absolute Gasteiger partial charge is 0.357 e. The number of hydrogen-bond acceptors (Lipinski definition) is 4. The van der Waals surface area contributed by atoms with Crippen molar-refractivity contribution >= 4 is 41.3 Å². The van der Waals surface area contributed by atoms with Crippen LogP contribution in [0, 0.1) is 19.8 Å². The third-order valence-electron chi connectivity index (χ3n) is 4.11. The van der Waals surface area contributed by atoms with Crippen molar-refractivity contribution < 1.29 is 0 Å². The molecule has 7 heteroatoms. The van der Waals surface area contributed by atoms with E-state index in [-0.39, 0.29) is 24.0 Å². The van der Waals surface area contributed by atoms with E-state index in [1.165, 1.54) is 37.4 Å². The first kappa shape index (κ1) is 21.6. The van der Waals surface area contributed by atoms with E-state index in [0.717, 1.165) is 29.8 Å². The lowest BCUT2D eigenvalue weighted by molar-refractivity contribution is 0.287. The van der Waals surface area contributed by atoms with Crippen molar-refractivity contribution in [2.45, 2.75) is 47.1 Å². The lowest BCUT2D eigenvalue weighted by Gasteiger charge is -2.21. The number of rotatable bonds is 7. The van der Waals surface area contributed by atoms with Gasteiger partial charge in [-0.05, 0) is 52.6 Å². The van der Waals surface area contributed by atoms with E-state index in [9.17, 15) is 0 Å². The highest BCUT2D eigenvalue weighted by molar-refractivity contribution is 14.0. The maximum atomic E-state index is 4.71. The molecule has 0 aromatic carbocycles. The topological polar surface area (TPSA) is 52.6 Å². The molecule has 2 heterocycles. The molecule has 0 aliphatic carbocycles. The fourth-order valence-corrected chi connectivity index (χ4v) is 3.82. The number of aliphatic imine (C=N–C) groups is 1. The summed E-state index contributed by atoms with van der Waals surface area (Å²) >= 11 is 1.74. The molecule has 1 aromatic heterocycles. The Morgan fingerprint density at radius 3 is 2.58 bits per heavy atom.